The van der Waals surface area contributed by atoms with Gasteiger partial charge in [0.25, 0.3) is 0 Å². The fourth-order valence-corrected chi connectivity index (χ4v) is 2.15. The molecule has 1 heterocycles. The first-order valence-electron chi connectivity index (χ1n) is 5.92. The van der Waals surface area contributed by atoms with Crippen LogP contribution in [0, 0.1) is 39.9 Å². The van der Waals surface area contributed by atoms with Crippen LogP contribution >= 0.6 is 0 Å². The second kappa shape index (κ2) is 5.89. The SMILES string of the molecule is CC(=C(C#N)C#N)/C(C#N)=C(\C)N1CCC(C)C1. The molecule has 4 nitrogen and oxygen atoms in total. The average molecular weight is 240 g/mol. The van der Waals surface area contributed by atoms with Crippen molar-refractivity contribution in [1.29, 1.82) is 15.8 Å². The molecule has 4 heteroatoms. The van der Waals surface area contributed by atoms with Gasteiger partial charge in [-0.25, -0.2) is 0 Å². The zero-order valence-electron chi connectivity index (χ0n) is 11.0. The third-order valence-corrected chi connectivity index (χ3v) is 3.35. The first kappa shape index (κ1) is 13.8. The van der Waals surface area contributed by atoms with Gasteiger partial charge in [-0.15, -0.1) is 0 Å². The highest BCUT2D eigenvalue weighted by Gasteiger charge is 2.21. The number of nitriles is 3. The molecular formula is C14H16N4. The molecule has 92 valence electrons. The Balaban J connectivity index is 3.19. The van der Waals surface area contributed by atoms with Crippen LogP contribution in [0.15, 0.2) is 22.4 Å². The van der Waals surface area contributed by atoms with Gasteiger partial charge in [0.05, 0.1) is 5.57 Å². The summed E-state index contributed by atoms with van der Waals surface area (Å²) in [5, 5.41) is 27.0. The molecule has 0 amide bonds. The third-order valence-electron chi connectivity index (χ3n) is 3.35. The molecule has 0 saturated carbocycles. The fraction of sp³-hybridized carbons (Fsp3) is 0.500. The van der Waals surface area contributed by atoms with Crippen LogP contribution in [0.4, 0.5) is 0 Å². The highest BCUT2D eigenvalue weighted by molar-refractivity contribution is 5.54. The normalized spacial score (nSPS) is 19.3. The van der Waals surface area contributed by atoms with Gasteiger partial charge in [-0.3, -0.25) is 0 Å². The summed E-state index contributed by atoms with van der Waals surface area (Å²) in [5.74, 6) is 0.621. The fourth-order valence-electron chi connectivity index (χ4n) is 2.15. The molecule has 0 aromatic rings. The molecule has 0 bridgehead atoms. The molecular weight excluding hydrogens is 224 g/mol. The molecule has 0 aromatic heterocycles. The molecule has 1 saturated heterocycles. The number of hydrogen-bond acceptors (Lipinski definition) is 4. The van der Waals surface area contributed by atoms with Gasteiger partial charge in [-0.1, -0.05) is 6.92 Å². The van der Waals surface area contributed by atoms with Crippen LogP contribution in [-0.4, -0.2) is 18.0 Å². The molecule has 1 aliphatic heterocycles. The van der Waals surface area contributed by atoms with Crippen LogP contribution in [0.3, 0.4) is 0 Å². The number of hydrogen-bond donors (Lipinski definition) is 0. The van der Waals surface area contributed by atoms with E-state index in [0.29, 0.717) is 17.1 Å². The van der Waals surface area contributed by atoms with Crippen molar-refractivity contribution in [3.63, 3.8) is 0 Å². The molecule has 1 rings (SSSR count). The molecule has 0 aromatic carbocycles. The van der Waals surface area contributed by atoms with E-state index in [1.165, 1.54) is 0 Å². The Morgan fingerprint density at radius 2 is 1.72 bits per heavy atom. The van der Waals surface area contributed by atoms with Crippen molar-refractivity contribution in [3.05, 3.63) is 22.4 Å². The van der Waals surface area contributed by atoms with Crippen molar-refractivity contribution >= 4 is 0 Å². The molecule has 1 unspecified atom stereocenters. The summed E-state index contributed by atoms with van der Waals surface area (Å²) in [7, 11) is 0. The van der Waals surface area contributed by atoms with Gasteiger partial charge in [-0.05, 0) is 31.8 Å². The Labute approximate surface area is 108 Å². The van der Waals surface area contributed by atoms with E-state index in [0.717, 1.165) is 25.2 Å². The minimum atomic E-state index is 0.0122. The van der Waals surface area contributed by atoms with Crippen molar-refractivity contribution in [3.8, 4) is 18.2 Å². The van der Waals surface area contributed by atoms with Gasteiger partial charge < -0.3 is 4.90 Å². The summed E-state index contributed by atoms with van der Waals surface area (Å²) in [6.07, 6.45) is 1.11. The summed E-state index contributed by atoms with van der Waals surface area (Å²) < 4.78 is 0. The molecule has 18 heavy (non-hydrogen) atoms. The number of nitrogens with zero attached hydrogens (tertiary/aromatic N) is 4. The van der Waals surface area contributed by atoms with Crippen LogP contribution in [0.1, 0.15) is 27.2 Å². The van der Waals surface area contributed by atoms with E-state index < -0.39 is 0 Å². The predicted octanol–water partition coefficient (Wildman–Crippen LogP) is 2.49. The molecule has 1 aliphatic rings. The smallest absolute Gasteiger partial charge is 0.133 e. The lowest BCUT2D eigenvalue weighted by Gasteiger charge is -2.20. The molecule has 1 fully saturated rings. The lowest BCUT2D eigenvalue weighted by Crippen LogP contribution is -2.19. The summed E-state index contributed by atoms with van der Waals surface area (Å²) >= 11 is 0. The standard InChI is InChI=1S/C14H16N4/c1-10-4-5-18(9-10)12(3)14(8-17)11(2)13(6-15)7-16/h10H,4-5,9H2,1-3H3/b14-12+. The highest BCUT2D eigenvalue weighted by Crippen LogP contribution is 2.25. The van der Waals surface area contributed by atoms with E-state index in [-0.39, 0.29) is 5.57 Å². The Morgan fingerprint density at radius 3 is 2.11 bits per heavy atom. The van der Waals surface area contributed by atoms with Crippen LogP contribution < -0.4 is 0 Å². The molecule has 0 aliphatic carbocycles. The first-order valence-corrected chi connectivity index (χ1v) is 5.92. The summed E-state index contributed by atoms with van der Waals surface area (Å²) in [6.45, 7) is 7.58. The molecule has 1 atom stereocenters. The lowest BCUT2D eigenvalue weighted by atomic mass is 10.0. The van der Waals surface area contributed by atoms with Crippen molar-refractivity contribution < 1.29 is 0 Å². The van der Waals surface area contributed by atoms with Crippen molar-refractivity contribution in [2.24, 2.45) is 5.92 Å². The summed E-state index contributed by atoms with van der Waals surface area (Å²) in [5.41, 5.74) is 1.79. The third kappa shape index (κ3) is 2.70. The average Bonchev–Trinajstić information content (AvgIpc) is 2.78. The minimum Gasteiger partial charge on any atom is -0.374 e. The molecule has 0 radical (unpaired) electrons. The van der Waals surface area contributed by atoms with Gasteiger partial charge in [0.1, 0.15) is 23.8 Å². The van der Waals surface area contributed by atoms with E-state index in [9.17, 15) is 5.26 Å². The van der Waals surface area contributed by atoms with Gasteiger partial charge in [0, 0.05) is 18.8 Å². The Bertz CT molecular complexity index is 503. The van der Waals surface area contributed by atoms with Gasteiger partial charge in [-0.2, -0.15) is 15.8 Å². The highest BCUT2D eigenvalue weighted by atomic mass is 15.2. The largest absolute Gasteiger partial charge is 0.374 e. The van der Waals surface area contributed by atoms with Crippen molar-refractivity contribution in [2.75, 3.05) is 13.1 Å². The number of rotatable bonds is 2. The summed E-state index contributed by atoms with van der Waals surface area (Å²) in [6, 6.07) is 5.79. The van der Waals surface area contributed by atoms with E-state index in [1.54, 1.807) is 6.92 Å². The quantitative estimate of drug-likeness (QED) is 0.549. The monoisotopic (exact) mass is 240 g/mol. The van der Waals surface area contributed by atoms with E-state index >= 15 is 0 Å². The number of likely N-dealkylation sites (tertiary alicyclic amines) is 1. The van der Waals surface area contributed by atoms with Crippen LogP contribution in [0.2, 0.25) is 0 Å². The predicted molar refractivity (Wildman–Crippen MR) is 67.6 cm³/mol. The van der Waals surface area contributed by atoms with E-state index in [4.69, 9.17) is 10.5 Å². The maximum atomic E-state index is 9.25. The Morgan fingerprint density at radius 1 is 1.11 bits per heavy atom. The second-order valence-corrected chi connectivity index (χ2v) is 4.64. The summed E-state index contributed by atoms with van der Waals surface area (Å²) in [4.78, 5) is 2.15. The van der Waals surface area contributed by atoms with E-state index in [2.05, 4.69) is 17.9 Å². The maximum absolute atomic E-state index is 9.25. The molecule has 0 spiro atoms. The van der Waals surface area contributed by atoms with E-state index in [1.807, 2.05) is 19.1 Å². The van der Waals surface area contributed by atoms with Crippen LogP contribution in [-0.2, 0) is 0 Å². The molecule has 0 N–H and O–H groups in total. The zero-order valence-corrected chi connectivity index (χ0v) is 11.0. The lowest BCUT2D eigenvalue weighted by molar-refractivity contribution is 0.409. The number of allylic oxidation sites excluding steroid dienone is 4. The zero-order chi connectivity index (χ0) is 13.7. The first-order chi connectivity index (χ1) is 8.54. The van der Waals surface area contributed by atoms with Crippen LogP contribution in [0.25, 0.3) is 0 Å². The minimum absolute atomic E-state index is 0.0122. The van der Waals surface area contributed by atoms with Gasteiger partial charge in [0.15, 0.2) is 0 Å². The van der Waals surface area contributed by atoms with Crippen LogP contribution in [0.5, 0.6) is 0 Å². The van der Waals surface area contributed by atoms with Crippen molar-refractivity contribution in [1.82, 2.24) is 4.90 Å². The Kier molecular flexibility index (Phi) is 4.52. The van der Waals surface area contributed by atoms with Crippen molar-refractivity contribution in [2.45, 2.75) is 27.2 Å². The van der Waals surface area contributed by atoms with Gasteiger partial charge >= 0.3 is 0 Å². The van der Waals surface area contributed by atoms with Gasteiger partial charge in [0.2, 0.25) is 0 Å². The maximum Gasteiger partial charge on any atom is 0.133 e. The second-order valence-electron chi connectivity index (χ2n) is 4.64. The Hall–Kier alpha value is -2.25. The topological polar surface area (TPSA) is 74.6 Å².